The number of hydrogen-bond acceptors (Lipinski definition) is 2. The summed E-state index contributed by atoms with van der Waals surface area (Å²) in [5.41, 5.74) is 0.785. The molecule has 3 heteroatoms. The number of carbonyl (C=O) groups is 1. The molecule has 0 aliphatic carbocycles. The third-order valence-electron chi connectivity index (χ3n) is 5.02. The minimum atomic E-state index is -2.49. The topological polar surface area (TPSA) is 26.3 Å². The van der Waals surface area contributed by atoms with Gasteiger partial charge in [-0.3, -0.25) is 4.79 Å². The minimum absolute atomic E-state index is 0.0154. The molecule has 0 heterocycles. The van der Waals surface area contributed by atoms with Crippen LogP contribution in [0.4, 0.5) is 0 Å². The third-order valence-corrected chi connectivity index (χ3v) is 10.2. The molecule has 27 heavy (non-hydrogen) atoms. The third kappa shape index (κ3) is 5.05. The second-order valence-corrected chi connectivity index (χ2v) is 12.5. The van der Waals surface area contributed by atoms with Crippen molar-refractivity contribution in [2.24, 2.45) is 0 Å². The second kappa shape index (κ2) is 9.29. The predicted molar refractivity (Wildman–Crippen MR) is 117 cm³/mol. The van der Waals surface area contributed by atoms with Gasteiger partial charge in [0, 0.05) is 6.10 Å². The molecule has 0 saturated heterocycles. The van der Waals surface area contributed by atoms with Crippen molar-refractivity contribution in [3.05, 3.63) is 72.3 Å². The van der Waals surface area contributed by atoms with E-state index in [0.29, 0.717) is 0 Å². The Kier molecular flexibility index (Phi) is 7.34. The van der Waals surface area contributed by atoms with Gasteiger partial charge in [0.1, 0.15) is 6.29 Å². The van der Waals surface area contributed by atoms with E-state index < -0.39 is 8.32 Å². The Morgan fingerprint density at radius 2 is 1.48 bits per heavy atom. The lowest BCUT2D eigenvalue weighted by Crippen LogP contribution is -2.67. The van der Waals surface area contributed by atoms with Gasteiger partial charge in [-0.25, -0.2) is 0 Å². The number of rotatable bonds is 8. The quantitative estimate of drug-likeness (QED) is 0.371. The molecule has 0 aliphatic rings. The van der Waals surface area contributed by atoms with Crippen molar-refractivity contribution in [3.63, 3.8) is 0 Å². The lowest BCUT2D eigenvalue weighted by molar-refractivity contribution is -0.104. The van der Waals surface area contributed by atoms with Crippen molar-refractivity contribution in [3.8, 4) is 0 Å². The Balaban J connectivity index is 2.45. The molecule has 1 unspecified atom stereocenters. The number of carbonyl (C=O) groups excluding carboxylic acids is 1. The first-order valence-electron chi connectivity index (χ1n) is 9.72. The molecule has 0 aliphatic heterocycles. The molecule has 0 aromatic heterocycles. The highest BCUT2D eigenvalue weighted by Gasteiger charge is 2.50. The first kappa shape index (κ1) is 21.3. The molecule has 0 saturated carbocycles. The van der Waals surface area contributed by atoms with Gasteiger partial charge < -0.3 is 4.43 Å². The fourth-order valence-electron chi connectivity index (χ4n) is 3.65. The summed E-state index contributed by atoms with van der Waals surface area (Å²) in [4.78, 5) is 10.8. The molecule has 2 aromatic rings. The van der Waals surface area contributed by atoms with Gasteiger partial charge in [0.25, 0.3) is 8.32 Å². The Morgan fingerprint density at radius 1 is 1.00 bits per heavy atom. The van der Waals surface area contributed by atoms with E-state index >= 15 is 0 Å². The van der Waals surface area contributed by atoms with Crippen LogP contribution in [0.5, 0.6) is 0 Å². The van der Waals surface area contributed by atoms with Crippen molar-refractivity contribution in [1.82, 2.24) is 0 Å². The normalized spacial score (nSPS) is 14.0. The molecule has 2 rings (SSSR count). The summed E-state index contributed by atoms with van der Waals surface area (Å²) >= 11 is 0. The zero-order valence-corrected chi connectivity index (χ0v) is 18.2. The molecule has 2 nitrogen and oxygen atoms in total. The van der Waals surface area contributed by atoms with Crippen molar-refractivity contribution < 1.29 is 9.22 Å². The van der Waals surface area contributed by atoms with E-state index in [1.54, 1.807) is 0 Å². The Hall–Kier alpha value is -1.97. The molecular formula is C24H32O2Si. The predicted octanol–water partition coefficient (Wildman–Crippen LogP) is 4.88. The van der Waals surface area contributed by atoms with Crippen LogP contribution in [0.25, 0.3) is 0 Å². The van der Waals surface area contributed by atoms with Crippen LogP contribution in [0.15, 0.2) is 72.3 Å². The van der Waals surface area contributed by atoms with E-state index in [-0.39, 0.29) is 11.1 Å². The number of benzene rings is 2. The molecule has 0 spiro atoms. The summed E-state index contributed by atoms with van der Waals surface area (Å²) in [5.74, 6) is 0. The van der Waals surface area contributed by atoms with Gasteiger partial charge >= 0.3 is 0 Å². The van der Waals surface area contributed by atoms with Crippen molar-refractivity contribution in [1.29, 1.82) is 0 Å². The SMILES string of the molecule is CC(C=O)=CCCC(C)O[Si](c1ccccc1)(c1ccccc1)C(C)(C)C. The zero-order valence-electron chi connectivity index (χ0n) is 17.2. The highest BCUT2D eigenvalue weighted by atomic mass is 28.4. The summed E-state index contributed by atoms with van der Waals surface area (Å²) in [6.45, 7) is 10.9. The highest BCUT2D eigenvalue weighted by molar-refractivity contribution is 6.99. The molecule has 144 valence electrons. The summed E-state index contributed by atoms with van der Waals surface area (Å²) in [6, 6.07) is 21.4. The van der Waals surface area contributed by atoms with Crippen LogP contribution >= 0.6 is 0 Å². The fourth-order valence-corrected chi connectivity index (χ4v) is 8.38. The lowest BCUT2D eigenvalue weighted by atomic mass is 10.2. The smallest absolute Gasteiger partial charge is 0.261 e. The fraction of sp³-hybridized carbons (Fsp3) is 0.375. The maximum absolute atomic E-state index is 10.8. The summed E-state index contributed by atoms with van der Waals surface area (Å²) < 4.78 is 7.01. The van der Waals surface area contributed by atoms with Crippen LogP contribution in [0.3, 0.4) is 0 Å². The van der Waals surface area contributed by atoms with Gasteiger partial charge in [0.2, 0.25) is 0 Å². The van der Waals surface area contributed by atoms with Crippen LogP contribution < -0.4 is 10.4 Å². The van der Waals surface area contributed by atoms with E-state index in [1.807, 2.05) is 13.0 Å². The first-order chi connectivity index (χ1) is 12.8. The lowest BCUT2D eigenvalue weighted by Gasteiger charge is -2.44. The molecule has 0 N–H and O–H groups in total. The maximum atomic E-state index is 10.8. The standard InChI is InChI=1S/C24H32O2Si/c1-20(19-25)13-12-14-21(2)26-27(24(3,4)5,22-15-8-6-9-16-22)23-17-10-7-11-18-23/h6-11,13,15-19,21H,12,14H2,1-5H3. The Morgan fingerprint density at radius 3 is 1.89 bits per heavy atom. The largest absolute Gasteiger partial charge is 0.405 e. The molecule has 1 atom stereocenters. The van der Waals surface area contributed by atoms with E-state index in [1.165, 1.54) is 10.4 Å². The highest BCUT2D eigenvalue weighted by Crippen LogP contribution is 2.37. The maximum Gasteiger partial charge on any atom is 0.261 e. The van der Waals surface area contributed by atoms with Gasteiger partial charge in [-0.1, -0.05) is 87.5 Å². The minimum Gasteiger partial charge on any atom is -0.405 e. The van der Waals surface area contributed by atoms with Gasteiger partial charge in [-0.05, 0) is 47.7 Å². The number of allylic oxidation sites excluding steroid dienone is 2. The average Bonchev–Trinajstić information content (AvgIpc) is 2.66. The second-order valence-electron chi connectivity index (χ2n) is 8.24. The van der Waals surface area contributed by atoms with Crippen LogP contribution in [0.2, 0.25) is 5.04 Å². The Bertz CT molecular complexity index is 705. The van der Waals surface area contributed by atoms with Crippen LogP contribution in [0, 0.1) is 0 Å². The molecule has 0 radical (unpaired) electrons. The van der Waals surface area contributed by atoms with Crippen molar-refractivity contribution in [2.45, 2.75) is 58.6 Å². The van der Waals surface area contributed by atoms with Crippen LogP contribution in [-0.2, 0) is 9.22 Å². The molecular weight excluding hydrogens is 348 g/mol. The van der Waals surface area contributed by atoms with Crippen LogP contribution in [-0.4, -0.2) is 20.7 Å². The Labute approximate surface area is 165 Å². The van der Waals surface area contributed by atoms with Gasteiger partial charge in [-0.2, -0.15) is 0 Å². The molecule has 2 aromatic carbocycles. The van der Waals surface area contributed by atoms with Gasteiger partial charge in [0.05, 0.1) is 0 Å². The molecule has 0 amide bonds. The van der Waals surface area contributed by atoms with Gasteiger partial charge in [0.15, 0.2) is 0 Å². The first-order valence-corrected chi connectivity index (χ1v) is 11.6. The van der Waals surface area contributed by atoms with Crippen molar-refractivity contribution >= 4 is 25.0 Å². The summed E-state index contributed by atoms with van der Waals surface area (Å²) in [5, 5.41) is 2.59. The van der Waals surface area contributed by atoms with E-state index in [0.717, 1.165) is 24.7 Å². The van der Waals surface area contributed by atoms with E-state index in [2.05, 4.69) is 88.4 Å². The average molecular weight is 381 g/mol. The zero-order chi connectivity index (χ0) is 19.9. The van der Waals surface area contributed by atoms with Crippen molar-refractivity contribution in [2.75, 3.05) is 0 Å². The monoisotopic (exact) mass is 380 g/mol. The summed E-state index contributed by atoms with van der Waals surface area (Å²) in [7, 11) is -2.49. The molecule has 0 bridgehead atoms. The summed E-state index contributed by atoms with van der Waals surface area (Å²) in [6.07, 6.45) is 4.76. The number of aldehydes is 1. The molecule has 0 fully saturated rings. The number of hydrogen-bond donors (Lipinski definition) is 0. The van der Waals surface area contributed by atoms with Crippen LogP contribution in [0.1, 0.15) is 47.5 Å². The van der Waals surface area contributed by atoms with E-state index in [4.69, 9.17) is 4.43 Å². The van der Waals surface area contributed by atoms with Gasteiger partial charge in [-0.15, -0.1) is 0 Å². The van der Waals surface area contributed by atoms with E-state index in [9.17, 15) is 4.79 Å².